The summed E-state index contributed by atoms with van der Waals surface area (Å²) in [6, 6.07) is 4.75. The number of aryl methyl sites for hydroxylation is 1. The summed E-state index contributed by atoms with van der Waals surface area (Å²) in [5.74, 6) is -0.0607. The van der Waals surface area contributed by atoms with Crippen LogP contribution in [-0.2, 0) is 20.2 Å². The van der Waals surface area contributed by atoms with Crippen molar-refractivity contribution in [1.29, 1.82) is 0 Å². The lowest BCUT2D eigenvalue weighted by Gasteiger charge is -2.32. The zero-order valence-corrected chi connectivity index (χ0v) is 14.6. The van der Waals surface area contributed by atoms with Crippen molar-refractivity contribution >= 4 is 38.1 Å². The SMILES string of the molecule is Cc1csc(NS(=O)(=O)c2ccc3c(c2)C(C)(C)CC(=O)N3)n1. The standard InChI is InChI=1S/C15H17N3O3S2/c1-9-8-22-14(16-9)18-23(20,21)10-4-5-12-11(6-10)15(2,3)7-13(19)17-12/h4-6,8H,7H2,1-3H3,(H,16,18)(H,17,19). The molecule has 0 saturated heterocycles. The Bertz CT molecular complexity index is 885. The maximum absolute atomic E-state index is 12.5. The molecule has 23 heavy (non-hydrogen) atoms. The van der Waals surface area contributed by atoms with Gasteiger partial charge in [0.05, 0.1) is 10.6 Å². The minimum absolute atomic E-state index is 0.0607. The molecule has 122 valence electrons. The van der Waals surface area contributed by atoms with Crippen LogP contribution >= 0.6 is 11.3 Å². The Labute approximate surface area is 139 Å². The predicted molar refractivity (Wildman–Crippen MR) is 90.4 cm³/mol. The molecule has 2 aromatic rings. The van der Waals surface area contributed by atoms with Crippen molar-refractivity contribution in [3.05, 3.63) is 34.8 Å². The van der Waals surface area contributed by atoms with Gasteiger partial charge in [0.2, 0.25) is 5.91 Å². The number of amides is 1. The molecule has 1 amide bonds. The van der Waals surface area contributed by atoms with Gasteiger partial charge < -0.3 is 5.32 Å². The first kappa shape index (κ1) is 15.9. The molecule has 2 heterocycles. The third-order valence-corrected chi connectivity index (χ3v) is 6.09. The van der Waals surface area contributed by atoms with Crippen LogP contribution in [0.3, 0.4) is 0 Å². The quantitative estimate of drug-likeness (QED) is 0.890. The number of anilines is 2. The van der Waals surface area contributed by atoms with Crippen LogP contribution in [0.25, 0.3) is 0 Å². The number of nitrogens with zero attached hydrogens (tertiary/aromatic N) is 1. The summed E-state index contributed by atoms with van der Waals surface area (Å²) in [5.41, 5.74) is 1.83. The molecule has 0 radical (unpaired) electrons. The Balaban J connectivity index is 1.99. The second-order valence-electron chi connectivity index (χ2n) is 6.22. The Morgan fingerprint density at radius 1 is 1.35 bits per heavy atom. The van der Waals surface area contributed by atoms with Crippen molar-refractivity contribution in [2.45, 2.75) is 37.5 Å². The summed E-state index contributed by atoms with van der Waals surface area (Å²) < 4.78 is 27.6. The second kappa shape index (κ2) is 5.31. The van der Waals surface area contributed by atoms with E-state index in [1.165, 1.54) is 17.4 Å². The number of hydrogen-bond acceptors (Lipinski definition) is 5. The van der Waals surface area contributed by atoms with Crippen LogP contribution in [-0.4, -0.2) is 19.3 Å². The molecule has 0 fully saturated rings. The molecular weight excluding hydrogens is 334 g/mol. The highest BCUT2D eigenvalue weighted by Gasteiger charge is 2.33. The van der Waals surface area contributed by atoms with Gasteiger partial charge in [-0.1, -0.05) is 13.8 Å². The number of nitrogens with one attached hydrogen (secondary N) is 2. The summed E-state index contributed by atoms with van der Waals surface area (Å²) in [5, 5.41) is 4.90. The van der Waals surface area contributed by atoms with E-state index in [0.717, 1.165) is 11.3 Å². The first-order chi connectivity index (χ1) is 10.7. The van der Waals surface area contributed by atoms with Gasteiger partial charge >= 0.3 is 0 Å². The molecule has 0 bridgehead atoms. The monoisotopic (exact) mass is 351 g/mol. The average molecular weight is 351 g/mol. The molecule has 0 atom stereocenters. The normalized spacial score (nSPS) is 16.6. The molecule has 1 aromatic carbocycles. The Morgan fingerprint density at radius 3 is 2.74 bits per heavy atom. The summed E-state index contributed by atoms with van der Waals surface area (Å²) in [6.45, 7) is 5.66. The zero-order valence-electron chi connectivity index (χ0n) is 13.0. The molecule has 2 N–H and O–H groups in total. The molecule has 3 rings (SSSR count). The number of benzene rings is 1. The van der Waals surface area contributed by atoms with Gasteiger partial charge in [0.25, 0.3) is 10.0 Å². The van der Waals surface area contributed by atoms with E-state index in [1.807, 2.05) is 13.8 Å². The lowest BCUT2D eigenvalue weighted by atomic mass is 9.78. The summed E-state index contributed by atoms with van der Waals surface area (Å²) in [4.78, 5) is 16.0. The minimum Gasteiger partial charge on any atom is -0.326 e. The van der Waals surface area contributed by atoms with E-state index < -0.39 is 15.4 Å². The smallest absolute Gasteiger partial charge is 0.263 e. The van der Waals surface area contributed by atoms with E-state index in [1.54, 1.807) is 24.4 Å². The molecule has 1 aliphatic rings. The molecule has 0 unspecified atom stereocenters. The van der Waals surface area contributed by atoms with Gasteiger partial charge in [-0.25, -0.2) is 13.4 Å². The number of thiazole rings is 1. The van der Waals surface area contributed by atoms with Crippen molar-refractivity contribution < 1.29 is 13.2 Å². The maximum atomic E-state index is 12.5. The number of rotatable bonds is 3. The molecule has 8 heteroatoms. The van der Waals surface area contributed by atoms with Gasteiger partial charge in [-0.2, -0.15) is 0 Å². The van der Waals surface area contributed by atoms with Crippen LogP contribution in [0.5, 0.6) is 0 Å². The van der Waals surface area contributed by atoms with Crippen LogP contribution in [0.15, 0.2) is 28.5 Å². The van der Waals surface area contributed by atoms with Gasteiger partial charge in [-0.15, -0.1) is 11.3 Å². The maximum Gasteiger partial charge on any atom is 0.263 e. The lowest BCUT2D eigenvalue weighted by molar-refractivity contribution is -0.117. The van der Waals surface area contributed by atoms with E-state index in [0.29, 0.717) is 17.2 Å². The van der Waals surface area contributed by atoms with E-state index in [2.05, 4.69) is 15.0 Å². The third kappa shape index (κ3) is 3.09. The van der Waals surface area contributed by atoms with Gasteiger partial charge in [0, 0.05) is 22.9 Å². The van der Waals surface area contributed by atoms with Gasteiger partial charge in [0.15, 0.2) is 5.13 Å². The van der Waals surface area contributed by atoms with Crippen LogP contribution < -0.4 is 10.0 Å². The molecule has 0 spiro atoms. The fraction of sp³-hybridized carbons (Fsp3) is 0.333. The lowest BCUT2D eigenvalue weighted by Crippen LogP contribution is -2.32. The molecule has 0 saturated carbocycles. The second-order valence-corrected chi connectivity index (χ2v) is 8.76. The number of aromatic nitrogens is 1. The molecule has 1 aromatic heterocycles. The average Bonchev–Trinajstić information content (AvgIpc) is 2.81. The van der Waals surface area contributed by atoms with Crippen LogP contribution in [0.2, 0.25) is 0 Å². The van der Waals surface area contributed by atoms with Crippen LogP contribution in [0, 0.1) is 6.92 Å². The van der Waals surface area contributed by atoms with Crippen LogP contribution in [0.1, 0.15) is 31.5 Å². The number of carbonyl (C=O) groups excluding carboxylic acids is 1. The number of sulfonamides is 1. The van der Waals surface area contributed by atoms with Crippen molar-refractivity contribution in [2.75, 3.05) is 10.0 Å². The molecule has 1 aliphatic heterocycles. The molecule has 0 aliphatic carbocycles. The number of carbonyl (C=O) groups is 1. The van der Waals surface area contributed by atoms with Crippen molar-refractivity contribution in [3.63, 3.8) is 0 Å². The fourth-order valence-corrected chi connectivity index (χ4v) is 4.59. The van der Waals surface area contributed by atoms with Gasteiger partial charge in [-0.05, 0) is 30.7 Å². The predicted octanol–water partition coefficient (Wildman–Crippen LogP) is 2.87. The zero-order chi connectivity index (χ0) is 16.8. The largest absolute Gasteiger partial charge is 0.326 e. The van der Waals surface area contributed by atoms with Gasteiger partial charge in [-0.3, -0.25) is 9.52 Å². The third-order valence-electron chi connectivity index (χ3n) is 3.75. The summed E-state index contributed by atoms with van der Waals surface area (Å²) in [7, 11) is -3.71. The number of fused-ring (bicyclic) bond motifs is 1. The topological polar surface area (TPSA) is 88.2 Å². The van der Waals surface area contributed by atoms with E-state index in [-0.39, 0.29) is 10.8 Å². The summed E-state index contributed by atoms with van der Waals surface area (Å²) >= 11 is 1.24. The number of hydrogen-bond donors (Lipinski definition) is 2. The fourth-order valence-electron chi connectivity index (χ4n) is 2.63. The Morgan fingerprint density at radius 2 is 2.09 bits per heavy atom. The highest BCUT2D eigenvalue weighted by Crippen LogP contribution is 2.38. The Hall–Kier alpha value is -1.93. The first-order valence-corrected chi connectivity index (χ1v) is 9.43. The molecule has 6 nitrogen and oxygen atoms in total. The molecular formula is C15H17N3O3S2. The first-order valence-electron chi connectivity index (χ1n) is 7.07. The Kier molecular flexibility index (Phi) is 3.68. The highest BCUT2D eigenvalue weighted by molar-refractivity contribution is 7.93. The van der Waals surface area contributed by atoms with Crippen molar-refractivity contribution in [3.8, 4) is 0 Å². The van der Waals surface area contributed by atoms with E-state index >= 15 is 0 Å². The van der Waals surface area contributed by atoms with Crippen LogP contribution in [0.4, 0.5) is 10.8 Å². The van der Waals surface area contributed by atoms with Crippen molar-refractivity contribution in [2.24, 2.45) is 0 Å². The highest BCUT2D eigenvalue weighted by atomic mass is 32.2. The van der Waals surface area contributed by atoms with E-state index in [4.69, 9.17) is 0 Å². The summed E-state index contributed by atoms with van der Waals surface area (Å²) in [6.07, 6.45) is 0.322. The van der Waals surface area contributed by atoms with E-state index in [9.17, 15) is 13.2 Å². The van der Waals surface area contributed by atoms with Gasteiger partial charge in [0.1, 0.15) is 0 Å². The minimum atomic E-state index is -3.71. The van der Waals surface area contributed by atoms with Crippen molar-refractivity contribution in [1.82, 2.24) is 4.98 Å².